The van der Waals surface area contributed by atoms with Gasteiger partial charge >= 0.3 is 0 Å². The maximum atomic E-state index is 12.5. The van der Waals surface area contributed by atoms with Gasteiger partial charge in [-0.05, 0) is 25.0 Å². The van der Waals surface area contributed by atoms with E-state index in [-0.39, 0.29) is 18.3 Å². The monoisotopic (exact) mass is 394 g/mol. The average Bonchev–Trinajstić information content (AvgIpc) is 3.10. The highest BCUT2D eigenvalue weighted by Gasteiger charge is 2.31. The second kappa shape index (κ2) is 9.00. The molecule has 2 atom stereocenters. The Morgan fingerprint density at radius 3 is 2.58 bits per heavy atom. The first-order valence-corrected chi connectivity index (χ1v) is 10.3. The van der Waals surface area contributed by atoms with E-state index < -0.39 is 0 Å². The molecule has 0 bridgehead atoms. The molecule has 1 aromatic carbocycles. The van der Waals surface area contributed by atoms with Crippen LogP contribution in [0.25, 0.3) is 0 Å². The highest BCUT2D eigenvalue weighted by Crippen LogP contribution is 2.27. The maximum absolute atomic E-state index is 12.5. The molecule has 5 nitrogen and oxygen atoms in total. The van der Waals surface area contributed by atoms with E-state index in [1.165, 1.54) is 31.4 Å². The molecule has 1 aliphatic carbocycles. The molecule has 1 aromatic rings. The number of nitrogens with one attached hydrogen (secondary N) is 1. The molecular weight excluding hydrogens is 368 g/mol. The lowest BCUT2D eigenvalue weighted by Crippen LogP contribution is -2.49. The first-order chi connectivity index (χ1) is 12.3. The van der Waals surface area contributed by atoms with Crippen molar-refractivity contribution in [2.24, 2.45) is 4.99 Å². The number of fused-ring (bicyclic) bond motifs is 1. The number of hydrogen-bond acceptors (Lipinski definition) is 5. The molecular formula is C19H27ClN4OS. The van der Waals surface area contributed by atoms with Gasteiger partial charge in [0.15, 0.2) is 5.17 Å². The summed E-state index contributed by atoms with van der Waals surface area (Å²) in [6.07, 6.45) is 4.99. The van der Waals surface area contributed by atoms with Crippen LogP contribution >= 0.6 is 24.2 Å². The largest absolute Gasteiger partial charge is 0.368 e. The third-order valence-corrected chi connectivity index (χ3v) is 6.30. The Kier molecular flexibility index (Phi) is 6.70. The van der Waals surface area contributed by atoms with Gasteiger partial charge in [0.25, 0.3) is 0 Å². The van der Waals surface area contributed by atoms with E-state index in [1.807, 2.05) is 11.0 Å². The van der Waals surface area contributed by atoms with Gasteiger partial charge in [0, 0.05) is 31.9 Å². The van der Waals surface area contributed by atoms with Crippen molar-refractivity contribution in [1.82, 2.24) is 10.2 Å². The fourth-order valence-corrected chi connectivity index (χ4v) is 4.82. The molecule has 3 aliphatic rings. The fraction of sp³-hybridized carbons (Fsp3) is 0.579. The van der Waals surface area contributed by atoms with Gasteiger partial charge in [0.1, 0.15) is 0 Å². The van der Waals surface area contributed by atoms with E-state index in [4.69, 9.17) is 4.99 Å². The van der Waals surface area contributed by atoms with Crippen LogP contribution in [0.15, 0.2) is 35.3 Å². The molecule has 2 fully saturated rings. The summed E-state index contributed by atoms with van der Waals surface area (Å²) < 4.78 is 0. The number of anilines is 1. The van der Waals surface area contributed by atoms with Gasteiger partial charge in [0.2, 0.25) is 5.91 Å². The lowest BCUT2D eigenvalue weighted by molar-refractivity contribution is -0.128. The van der Waals surface area contributed by atoms with Crippen LogP contribution in [-0.4, -0.2) is 60.0 Å². The van der Waals surface area contributed by atoms with Crippen molar-refractivity contribution in [3.05, 3.63) is 30.3 Å². The molecule has 2 heterocycles. The SMILES string of the molecule is Cl.O=C(CSC1=N[C@@H]2CCCC[C@@H]2N1)N1CCN(c2ccccc2)CC1. The van der Waals surface area contributed by atoms with Crippen LogP contribution in [-0.2, 0) is 4.79 Å². The van der Waals surface area contributed by atoms with Crippen molar-refractivity contribution in [3.63, 3.8) is 0 Å². The van der Waals surface area contributed by atoms with Gasteiger partial charge < -0.3 is 15.1 Å². The number of amides is 1. The third kappa shape index (κ3) is 4.46. The third-order valence-electron chi connectivity index (χ3n) is 5.41. The molecule has 4 rings (SSSR count). The van der Waals surface area contributed by atoms with Gasteiger partial charge in [-0.3, -0.25) is 9.79 Å². The molecule has 142 valence electrons. The molecule has 1 saturated carbocycles. The smallest absolute Gasteiger partial charge is 0.233 e. The summed E-state index contributed by atoms with van der Waals surface area (Å²) in [7, 11) is 0. The van der Waals surface area contributed by atoms with E-state index >= 15 is 0 Å². The summed E-state index contributed by atoms with van der Waals surface area (Å²) >= 11 is 1.58. The summed E-state index contributed by atoms with van der Waals surface area (Å²) in [6.45, 7) is 3.42. The summed E-state index contributed by atoms with van der Waals surface area (Å²) in [5.74, 6) is 0.730. The predicted octanol–water partition coefficient (Wildman–Crippen LogP) is 2.76. The Morgan fingerprint density at radius 1 is 1.12 bits per heavy atom. The van der Waals surface area contributed by atoms with E-state index in [0.717, 1.165) is 31.3 Å². The molecule has 0 unspecified atom stereocenters. The summed E-state index contributed by atoms with van der Waals surface area (Å²) in [4.78, 5) is 21.6. The average molecular weight is 395 g/mol. The molecule has 2 aliphatic heterocycles. The van der Waals surface area contributed by atoms with E-state index in [9.17, 15) is 4.79 Å². The van der Waals surface area contributed by atoms with Crippen LogP contribution in [0.4, 0.5) is 5.69 Å². The van der Waals surface area contributed by atoms with Gasteiger partial charge in [-0.1, -0.05) is 42.8 Å². The number of amidine groups is 1. The Hall–Kier alpha value is -1.40. The van der Waals surface area contributed by atoms with Crippen LogP contribution in [0.3, 0.4) is 0 Å². The predicted molar refractivity (Wildman–Crippen MR) is 112 cm³/mol. The first-order valence-electron chi connectivity index (χ1n) is 9.34. The van der Waals surface area contributed by atoms with Crippen molar-refractivity contribution >= 4 is 40.9 Å². The van der Waals surface area contributed by atoms with Crippen LogP contribution in [0.2, 0.25) is 0 Å². The number of piperazine rings is 1. The van der Waals surface area contributed by atoms with Gasteiger partial charge in [-0.2, -0.15) is 0 Å². The number of carbonyl (C=O) groups excluding carboxylic acids is 1. The molecule has 7 heteroatoms. The zero-order chi connectivity index (χ0) is 17.1. The van der Waals surface area contributed by atoms with Crippen LogP contribution in [0.5, 0.6) is 0 Å². The zero-order valence-electron chi connectivity index (χ0n) is 15.0. The van der Waals surface area contributed by atoms with E-state index in [1.54, 1.807) is 11.8 Å². The normalized spacial score (nSPS) is 25.0. The van der Waals surface area contributed by atoms with Gasteiger partial charge in [-0.15, -0.1) is 12.4 Å². The second-order valence-electron chi connectivity index (χ2n) is 7.03. The quantitative estimate of drug-likeness (QED) is 0.856. The van der Waals surface area contributed by atoms with Crippen molar-refractivity contribution in [2.45, 2.75) is 37.8 Å². The number of carbonyl (C=O) groups is 1. The minimum Gasteiger partial charge on any atom is -0.368 e. The Labute approximate surface area is 166 Å². The highest BCUT2D eigenvalue weighted by atomic mass is 35.5. The number of halogens is 1. The highest BCUT2D eigenvalue weighted by molar-refractivity contribution is 8.14. The molecule has 1 N–H and O–H groups in total. The van der Waals surface area contributed by atoms with E-state index in [2.05, 4.69) is 34.5 Å². The Balaban J connectivity index is 0.00000196. The number of para-hydroxylation sites is 1. The zero-order valence-corrected chi connectivity index (χ0v) is 16.6. The molecule has 0 radical (unpaired) electrons. The number of nitrogens with zero attached hydrogens (tertiary/aromatic N) is 3. The lowest BCUT2D eigenvalue weighted by Gasteiger charge is -2.36. The number of rotatable bonds is 3. The minimum absolute atomic E-state index is 0. The molecule has 1 saturated heterocycles. The minimum atomic E-state index is 0. The topological polar surface area (TPSA) is 47.9 Å². The number of aliphatic imine (C=N–C) groups is 1. The van der Waals surface area contributed by atoms with Crippen molar-refractivity contribution in [3.8, 4) is 0 Å². The van der Waals surface area contributed by atoms with Crippen LogP contribution < -0.4 is 10.2 Å². The van der Waals surface area contributed by atoms with Gasteiger partial charge in [-0.25, -0.2) is 0 Å². The molecule has 26 heavy (non-hydrogen) atoms. The second-order valence-corrected chi connectivity index (χ2v) is 7.99. The van der Waals surface area contributed by atoms with E-state index in [0.29, 0.717) is 17.8 Å². The number of hydrogen-bond donors (Lipinski definition) is 1. The van der Waals surface area contributed by atoms with Crippen LogP contribution in [0, 0.1) is 0 Å². The molecule has 0 aromatic heterocycles. The first kappa shape index (κ1) is 19.4. The number of thioether (sulfide) groups is 1. The Bertz CT molecular complexity index is 634. The summed E-state index contributed by atoms with van der Waals surface area (Å²) in [5.41, 5.74) is 1.25. The standard InChI is InChI=1S/C19H26N4OS.ClH/c24-18(14-25-19-20-16-8-4-5-9-17(16)21-19)23-12-10-22(11-13-23)15-6-2-1-3-7-15;/h1-3,6-7,16-17H,4-5,8-14H2,(H,20,21);1H/t16-,17+;. The Morgan fingerprint density at radius 2 is 1.85 bits per heavy atom. The fourth-order valence-electron chi connectivity index (χ4n) is 3.93. The molecule has 1 amide bonds. The summed E-state index contributed by atoms with van der Waals surface area (Å²) in [5, 5.41) is 4.49. The summed E-state index contributed by atoms with van der Waals surface area (Å²) in [6, 6.07) is 11.4. The lowest BCUT2D eigenvalue weighted by atomic mass is 9.92. The van der Waals surface area contributed by atoms with Crippen LogP contribution in [0.1, 0.15) is 25.7 Å². The molecule has 0 spiro atoms. The van der Waals surface area contributed by atoms with Gasteiger partial charge in [0.05, 0.1) is 17.8 Å². The van der Waals surface area contributed by atoms with Crippen molar-refractivity contribution in [2.75, 3.05) is 36.8 Å². The van der Waals surface area contributed by atoms with Crippen molar-refractivity contribution in [1.29, 1.82) is 0 Å². The van der Waals surface area contributed by atoms with Crippen molar-refractivity contribution < 1.29 is 4.79 Å². The maximum Gasteiger partial charge on any atom is 0.233 e. The number of benzene rings is 1.